The van der Waals surface area contributed by atoms with Crippen LogP contribution in [0.5, 0.6) is 5.75 Å². The second-order valence-electron chi connectivity index (χ2n) is 2.97. The van der Waals surface area contributed by atoms with Crippen molar-refractivity contribution in [2.24, 2.45) is 0 Å². The van der Waals surface area contributed by atoms with Crippen LogP contribution in [0.4, 0.5) is 0 Å². The fourth-order valence-electron chi connectivity index (χ4n) is 1.13. The third kappa shape index (κ3) is 3.23. The molecule has 2 nitrogen and oxygen atoms in total. The monoisotopic (exact) mass is 199 g/mol. The maximum Gasteiger partial charge on any atom is 0.140 e. The third-order valence-electron chi connectivity index (χ3n) is 1.85. The molecule has 0 spiro atoms. The molecule has 13 heavy (non-hydrogen) atoms. The molecule has 0 N–H and O–H groups in total. The lowest BCUT2D eigenvalue weighted by Gasteiger charge is -2.07. The predicted molar refractivity (Wildman–Crippen MR) is 54.4 cm³/mol. The number of ether oxygens (including phenoxy) is 1. The Morgan fingerprint density at radius 2 is 2.38 bits per heavy atom. The van der Waals surface area contributed by atoms with Crippen LogP contribution in [-0.2, 0) is 6.42 Å². The Morgan fingerprint density at radius 1 is 1.62 bits per heavy atom. The Balaban J connectivity index is 2.64. The number of pyridine rings is 1. The van der Waals surface area contributed by atoms with E-state index >= 15 is 0 Å². The largest absolute Gasteiger partial charge is 0.495 e. The smallest absolute Gasteiger partial charge is 0.140 e. The number of alkyl halides is 1. The minimum absolute atomic E-state index is 0.187. The second-order valence-corrected chi connectivity index (χ2v) is 3.72. The molecule has 0 aliphatic carbocycles. The van der Waals surface area contributed by atoms with Gasteiger partial charge in [-0.3, -0.25) is 4.98 Å². The minimum Gasteiger partial charge on any atom is -0.495 e. The van der Waals surface area contributed by atoms with E-state index in [2.05, 4.69) is 4.98 Å². The summed E-state index contributed by atoms with van der Waals surface area (Å²) >= 11 is 5.85. The fraction of sp³-hybridized carbons (Fsp3) is 0.500. The van der Waals surface area contributed by atoms with Gasteiger partial charge in [0, 0.05) is 11.6 Å². The fourth-order valence-corrected chi connectivity index (χ4v) is 1.24. The van der Waals surface area contributed by atoms with Crippen molar-refractivity contribution in [1.82, 2.24) is 4.98 Å². The predicted octanol–water partition coefficient (Wildman–Crippen LogP) is 2.65. The van der Waals surface area contributed by atoms with Gasteiger partial charge in [0.25, 0.3) is 0 Å². The normalized spacial score (nSPS) is 12.5. The zero-order valence-electron chi connectivity index (χ0n) is 7.96. The number of nitrogens with zero attached hydrogens (tertiary/aromatic N) is 1. The van der Waals surface area contributed by atoms with Crippen LogP contribution in [0, 0.1) is 0 Å². The van der Waals surface area contributed by atoms with Crippen molar-refractivity contribution in [3.8, 4) is 5.75 Å². The van der Waals surface area contributed by atoms with Gasteiger partial charge in [0.15, 0.2) is 0 Å². The summed E-state index contributed by atoms with van der Waals surface area (Å²) in [4.78, 5) is 4.24. The molecule has 0 saturated carbocycles. The van der Waals surface area contributed by atoms with Crippen LogP contribution in [0.15, 0.2) is 18.3 Å². The van der Waals surface area contributed by atoms with Gasteiger partial charge in [-0.15, -0.1) is 11.6 Å². The van der Waals surface area contributed by atoms with E-state index in [0.717, 1.165) is 24.3 Å². The van der Waals surface area contributed by atoms with Crippen LogP contribution < -0.4 is 4.74 Å². The topological polar surface area (TPSA) is 22.1 Å². The van der Waals surface area contributed by atoms with Crippen molar-refractivity contribution >= 4 is 11.6 Å². The van der Waals surface area contributed by atoms with Crippen LogP contribution >= 0.6 is 11.6 Å². The van der Waals surface area contributed by atoms with Crippen molar-refractivity contribution in [2.75, 3.05) is 7.11 Å². The first-order chi connectivity index (χ1) is 6.24. The van der Waals surface area contributed by atoms with Crippen LogP contribution in [0.1, 0.15) is 19.0 Å². The highest BCUT2D eigenvalue weighted by molar-refractivity contribution is 6.20. The van der Waals surface area contributed by atoms with E-state index in [1.807, 2.05) is 19.1 Å². The lowest BCUT2D eigenvalue weighted by atomic mass is 10.2. The number of halogens is 1. The Hall–Kier alpha value is -0.760. The molecule has 1 rings (SSSR count). The van der Waals surface area contributed by atoms with Gasteiger partial charge in [-0.2, -0.15) is 0 Å². The molecule has 0 fully saturated rings. The van der Waals surface area contributed by atoms with Gasteiger partial charge in [0.2, 0.25) is 0 Å². The molecule has 1 unspecified atom stereocenters. The van der Waals surface area contributed by atoms with E-state index in [1.165, 1.54) is 0 Å². The number of hydrogen-bond donors (Lipinski definition) is 0. The molecule has 1 atom stereocenters. The zero-order valence-corrected chi connectivity index (χ0v) is 8.71. The second kappa shape index (κ2) is 5.07. The van der Waals surface area contributed by atoms with Gasteiger partial charge in [0.1, 0.15) is 5.75 Å². The van der Waals surface area contributed by atoms with Crippen molar-refractivity contribution < 1.29 is 4.74 Å². The Kier molecular flexibility index (Phi) is 4.03. The minimum atomic E-state index is 0.187. The highest BCUT2D eigenvalue weighted by atomic mass is 35.5. The highest BCUT2D eigenvalue weighted by Crippen LogP contribution is 2.17. The number of methoxy groups -OCH3 is 1. The lowest BCUT2D eigenvalue weighted by Crippen LogP contribution is -1.99. The molecule has 0 amide bonds. The maximum atomic E-state index is 5.85. The van der Waals surface area contributed by atoms with Crippen LogP contribution in [0.3, 0.4) is 0 Å². The Labute approximate surface area is 83.9 Å². The maximum absolute atomic E-state index is 5.85. The van der Waals surface area contributed by atoms with Crippen LogP contribution in [0.25, 0.3) is 0 Å². The van der Waals surface area contributed by atoms with Gasteiger partial charge in [-0.05, 0) is 31.9 Å². The molecule has 3 heteroatoms. The summed E-state index contributed by atoms with van der Waals surface area (Å²) in [6, 6.07) is 3.79. The summed E-state index contributed by atoms with van der Waals surface area (Å²) in [6.45, 7) is 1.98. The van der Waals surface area contributed by atoms with Crippen LogP contribution in [0.2, 0.25) is 0 Å². The highest BCUT2D eigenvalue weighted by Gasteiger charge is 2.04. The molecule has 0 aromatic carbocycles. The standard InChI is InChI=1S/C10H14ClNO/c1-8(11)5-6-9-10(13-2)4-3-7-12-9/h3-4,7-8H,5-6H2,1-2H3. The average molecular weight is 200 g/mol. The molecular formula is C10H14ClNO. The summed E-state index contributed by atoms with van der Waals surface area (Å²) < 4.78 is 5.17. The first kappa shape index (κ1) is 10.3. The number of aryl methyl sites for hydroxylation is 1. The number of aromatic nitrogens is 1. The summed E-state index contributed by atoms with van der Waals surface area (Å²) in [5.41, 5.74) is 0.984. The van der Waals surface area contributed by atoms with Gasteiger partial charge in [0.05, 0.1) is 12.8 Å². The molecule has 0 bridgehead atoms. The first-order valence-electron chi connectivity index (χ1n) is 4.36. The molecule has 0 aliphatic heterocycles. The van der Waals surface area contributed by atoms with Gasteiger partial charge in [-0.1, -0.05) is 0 Å². The van der Waals surface area contributed by atoms with E-state index in [0.29, 0.717) is 0 Å². The molecule has 0 aliphatic rings. The number of rotatable bonds is 4. The Morgan fingerprint density at radius 3 is 3.00 bits per heavy atom. The van der Waals surface area contributed by atoms with E-state index < -0.39 is 0 Å². The van der Waals surface area contributed by atoms with Crippen molar-refractivity contribution in [3.05, 3.63) is 24.0 Å². The van der Waals surface area contributed by atoms with E-state index in [9.17, 15) is 0 Å². The van der Waals surface area contributed by atoms with Gasteiger partial charge in [-0.25, -0.2) is 0 Å². The molecule has 72 valence electrons. The molecule has 1 aromatic rings. The average Bonchev–Trinajstić information content (AvgIpc) is 2.15. The van der Waals surface area contributed by atoms with E-state index in [-0.39, 0.29) is 5.38 Å². The Bertz CT molecular complexity index is 263. The summed E-state index contributed by atoms with van der Waals surface area (Å²) in [6.07, 6.45) is 3.57. The molecule has 1 aromatic heterocycles. The summed E-state index contributed by atoms with van der Waals surface area (Å²) in [5, 5.41) is 0.187. The third-order valence-corrected chi connectivity index (χ3v) is 2.07. The van der Waals surface area contributed by atoms with Crippen molar-refractivity contribution in [1.29, 1.82) is 0 Å². The molecule has 0 saturated heterocycles. The zero-order chi connectivity index (χ0) is 9.68. The van der Waals surface area contributed by atoms with Crippen molar-refractivity contribution in [3.63, 3.8) is 0 Å². The quantitative estimate of drug-likeness (QED) is 0.696. The first-order valence-corrected chi connectivity index (χ1v) is 4.79. The summed E-state index contributed by atoms with van der Waals surface area (Å²) in [7, 11) is 1.66. The molecular weight excluding hydrogens is 186 g/mol. The lowest BCUT2D eigenvalue weighted by molar-refractivity contribution is 0.406. The molecule has 1 heterocycles. The van der Waals surface area contributed by atoms with E-state index in [1.54, 1.807) is 13.3 Å². The van der Waals surface area contributed by atoms with Crippen LogP contribution in [-0.4, -0.2) is 17.5 Å². The van der Waals surface area contributed by atoms with Crippen molar-refractivity contribution in [2.45, 2.75) is 25.1 Å². The SMILES string of the molecule is COc1cccnc1CCC(C)Cl. The summed E-state index contributed by atoms with van der Waals surface area (Å²) in [5.74, 6) is 0.847. The van der Waals surface area contributed by atoms with Gasteiger partial charge >= 0.3 is 0 Å². The van der Waals surface area contributed by atoms with E-state index in [4.69, 9.17) is 16.3 Å². The molecule has 0 radical (unpaired) electrons. The van der Waals surface area contributed by atoms with Gasteiger partial charge < -0.3 is 4.74 Å². The number of hydrogen-bond acceptors (Lipinski definition) is 2.